The van der Waals surface area contributed by atoms with Gasteiger partial charge in [0.25, 0.3) is 5.56 Å². The molecule has 1 heterocycles. The van der Waals surface area contributed by atoms with E-state index in [0.29, 0.717) is 21.6 Å². The van der Waals surface area contributed by atoms with E-state index in [-0.39, 0.29) is 32.0 Å². The maximum Gasteiger partial charge on any atom is 0.331 e. The van der Waals surface area contributed by atoms with Crippen LogP contribution in [0.2, 0.25) is 5.02 Å². The lowest BCUT2D eigenvalue weighted by Gasteiger charge is -2.14. The third-order valence-corrected chi connectivity index (χ3v) is 6.44. The van der Waals surface area contributed by atoms with Crippen LogP contribution in [0, 0.1) is 0 Å². The summed E-state index contributed by atoms with van der Waals surface area (Å²) in [4.78, 5) is 51.6. The number of amides is 2. The molecule has 0 atom stereocenters. The molecule has 8 nitrogen and oxygen atoms in total. The van der Waals surface area contributed by atoms with Crippen molar-refractivity contribution in [3.8, 4) is 0 Å². The van der Waals surface area contributed by atoms with Crippen LogP contribution < -0.4 is 21.9 Å². The zero-order valence-corrected chi connectivity index (χ0v) is 21.1. The molecule has 1 aromatic heterocycles. The number of nitrogens with one attached hydrogen (secondary N) is 2. The Hall–Kier alpha value is -4.17. The molecule has 2 N–H and O–H groups in total. The molecule has 0 aliphatic heterocycles. The Labute approximate surface area is 218 Å². The summed E-state index contributed by atoms with van der Waals surface area (Å²) in [6.45, 7) is 1.86. The largest absolute Gasteiger partial charge is 0.352 e. The standard InChI is InChI=1S/C28H27ClN4O4/c1-2-19-11-13-21(14-12-19)31-26(35)18-33-24-10-6-4-8-22(24)27(36)32(28(33)37)16-15-25(34)30-17-20-7-3-5-9-23(20)29/h3-14H,2,15-18H2,1H3,(H,30,34)(H,31,35). The number of hydrogen-bond acceptors (Lipinski definition) is 4. The topological polar surface area (TPSA) is 102 Å². The smallest absolute Gasteiger partial charge is 0.331 e. The summed E-state index contributed by atoms with van der Waals surface area (Å²) >= 11 is 6.13. The van der Waals surface area contributed by atoms with Crippen molar-refractivity contribution in [2.24, 2.45) is 0 Å². The summed E-state index contributed by atoms with van der Waals surface area (Å²) in [5.41, 5.74) is 1.71. The monoisotopic (exact) mass is 518 g/mol. The quantitative estimate of drug-likeness (QED) is 0.352. The highest BCUT2D eigenvalue weighted by Gasteiger charge is 2.16. The van der Waals surface area contributed by atoms with Crippen LogP contribution in [0.25, 0.3) is 10.9 Å². The molecule has 0 spiro atoms. The van der Waals surface area contributed by atoms with Gasteiger partial charge in [-0.1, -0.05) is 61.0 Å². The number of fused-ring (bicyclic) bond motifs is 1. The Morgan fingerprint density at radius 3 is 2.30 bits per heavy atom. The maximum absolute atomic E-state index is 13.3. The summed E-state index contributed by atoms with van der Waals surface area (Å²) in [6, 6.07) is 21.2. The number of halogens is 1. The average Bonchev–Trinajstić information content (AvgIpc) is 2.91. The first-order valence-corrected chi connectivity index (χ1v) is 12.4. The van der Waals surface area contributed by atoms with Crippen LogP contribution in [-0.4, -0.2) is 20.9 Å². The summed E-state index contributed by atoms with van der Waals surface area (Å²) < 4.78 is 2.26. The minimum absolute atomic E-state index is 0.0894. The molecule has 9 heteroatoms. The van der Waals surface area contributed by atoms with Gasteiger partial charge in [-0.15, -0.1) is 0 Å². The van der Waals surface area contributed by atoms with Crippen molar-refractivity contribution in [2.45, 2.75) is 39.4 Å². The third-order valence-electron chi connectivity index (χ3n) is 6.08. The van der Waals surface area contributed by atoms with Crippen LogP contribution in [-0.2, 0) is 35.6 Å². The molecule has 190 valence electrons. The molecule has 0 saturated carbocycles. The second kappa shape index (κ2) is 11.7. The predicted octanol–water partition coefficient (Wildman–Crippen LogP) is 3.72. The molecule has 3 aromatic carbocycles. The average molecular weight is 519 g/mol. The van der Waals surface area contributed by atoms with E-state index in [1.165, 1.54) is 4.57 Å². The number of hydrogen-bond donors (Lipinski definition) is 2. The first-order chi connectivity index (χ1) is 17.9. The van der Waals surface area contributed by atoms with Gasteiger partial charge in [-0.05, 0) is 47.9 Å². The van der Waals surface area contributed by atoms with E-state index in [2.05, 4.69) is 10.6 Å². The van der Waals surface area contributed by atoms with Gasteiger partial charge in [-0.3, -0.25) is 23.5 Å². The molecule has 0 aliphatic rings. The van der Waals surface area contributed by atoms with Crippen molar-refractivity contribution in [1.29, 1.82) is 0 Å². The van der Waals surface area contributed by atoms with Gasteiger partial charge < -0.3 is 10.6 Å². The van der Waals surface area contributed by atoms with Crippen LogP contribution >= 0.6 is 11.6 Å². The van der Waals surface area contributed by atoms with E-state index in [1.54, 1.807) is 54.6 Å². The van der Waals surface area contributed by atoms with Gasteiger partial charge in [-0.2, -0.15) is 0 Å². The molecule has 37 heavy (non-hydrogen) atoms. The molecule has 0 aliphatic carbocycles. The Kier molecular flexibility index (Phi) is 8.20. The van der Waals surface area contributed by atoms with Gasteiger partial charge in [0.05, 0.1) is 10.9 Å². The molecule has 0 saturated heterocycles. The van der Waals surface area contributed by atoms with E-state index in [0.717, 1.165) is 22.1 Å². The van der Waals surface area contributed by atoms with Gasteiger partial charge in [0.2, 0.25) is 11.8 Å². The van der Waals surface area contributed by atoms with Crippen LogP contribution in [0.15, 0.2) is 82.4 Å². The van der Waals surface area contributed by atoms with Crippen molar-refractivity contribution in [2.75, 3.05) is 5.32 Å². The van der Waals surface area contributed by atoms with Crippen molar-refractivity contribution in [3.63, 3.8) is 0 Å². The third kappa shape index (κ3) is 6.16. The molecule has 4 rings (SSSR count). The normalized spacial score (nSPS) is 10.9. The van der Waals surface area contributed by atoms with E-state index in [1.807, 2.05) is 25.1 Å². The van der Waals surface area contributed by atoms with Gasteiger partial charge in [0, 0.05) is 30.2 Å². The number of para-hydroxylation sites is 1. The van der Waals surface area contributed by atoms with Gasteiger partial charge >= 0.3 is 5.69 Å². The highest BCUT2D eigenvalue weighted by Crippen LogP contribution is 2.14. The summed E-state index contributed by atoms with van der Waals surface area (Å²) in [5, 5.41) is 6.38. The molecule has 0 bridgehead atoms. The zero-order chi connectivity index (χ0) is 26.4. The Morgan fingerprint density at radius 2 is 1.57 bits per heavy atom. The second-order valence-corrected chi connectivity index (χ2v) is 8.97. The van der Waals surface area contributed by atoms with Crippen molar-refractivity contribution < 1.29 is 9.59 Å². The summed E-state index contributed by atoms with van der Waals surface area (Å²) in [5.74, 6) is -0.738. The molecule has 4 aromatic rings. The lowest BCUT2D eigenvalue weighted by Crippen LogP contribution is -2.42. The highest BCUT2D eigenvalue weighted by atomic mass is 35.5. The van der Waals surface area contributed by atoms with E-state index in [9.17, 15) is 19.2 Å². The van der Waals surface area contributed by atoms with E-state index < -0.39 is 17.2 Å². The number of carbonyl (C=O) groups excluding carboxylic acids is 2. The molecule has 0 fully saturated rings. The Bertz CT molecular complexity index is 1560. The fourth-order valence-electron chi connectivity index (χ4n) is 4.03. The fourth-order valence-corrected chi connectivity index (χ4v) is 4.23. The van der Waals surface area contributed by atoms with Crippen LogP contribution in [0.5, 0.6) is 0 Å². The van der Waals surface area contributed by atoms with Crippen LogP contribution in [0.4, 0.5) is 5.69 Å². The fraction of sp³-hybridized carbons (Fsp3) is 0.214. The van der Waals surface area contributed by atoms with E-state index in [4.69, 9.17) is 11.6 Å². The lowest BCUT2D eigenvalue weighted by molar-refractivity contribution is -0.121. The minimum Gasteiger partial charge on any atom is -0.352 e. The molecular weight excluding hydrogens is 492 g/mol. The number of nitrogens with zero attached hydrogens (tertiary/aromatic N) is 2. The molecular formula is C28H27ClN4O4. The number of benzene rings is 3. The van der Waals surface area contributed by atoms with E-state index >= 15 is 0 Å². The zero-order valence-electron chi connectivity index (χ0n) is 20.4. The van der Waals surface area contributed by atoms with Gasteiger partial charge in [-0.25, -0.2) is 4.79 Å². The molecule has 2 amide bonds. The number of rotatable bonds is 9. The van der Waals surface area contributed by atoms with Crippen molar-refractivity contribution in [3.05, 3.63) is 110 Å². The number of carbonyl (C=O) groups is 2. The van der Waals surface area contributed by atoms with Gasteiger partial charge in [0.15, 0.2) is 0 Å². The van der Waals surface area contributed by atoms with Gasteiger partial charge in [0.1, 0.15) is 6.54 Å². The number of aromatic nitrogens is 2. The van der Waals surface area contributed by atoms with Crippen molar-refractivity contribution in [1.82, 2.24) is 14.5 Å². The summed E-state index contributed by atoms with van der Waals surface area (Å²) in [7, 11) is 0. The first kappa shape index (κ1) is 25.9. The first-order valence-electron chi connectivity index (χ1n) is 12.0. The minimum atomic E-state index is -0.654. The SMILES string of the molecule is CCc1ccc(NC(=O)Cn2c(=O)n(CCC(=O)NCc3ccccc3Cl)c(=O)c3ccccc32)cc1. The number of aryl methyl sites for hydroxylation is 1. The lowest BCUT2D eigenvalue weighted by atomic mass is 10.1. The Morgan fingerprint density at radius 1 is 0.865 bits per heavy atom. The second-order valence-electron chi connectivity index (χ2n) is 8.56. The van der Waals surface area contributed by atoms with Crippen molar-refractivity contribution >= 4 is 40.0 Å². The maximum atomic E-state index is 13.3. The van der Waals surface area contributed by atoms with Crippen LogP contribution in [0.1, 0.15) is 24.5 Å². The van der Waals surface area contributed by atoms with Crippen LogP contribution in [0.3, 0.4) is 0 Å². The summed E-state index contributed by atoms with van der Waals surface area (Å²) in [6.07, 6.45) is 0.795. The predicted molar refractivity (Wildman–Crippen MR) is 145 cm³/mol. The highest BCUT2D eigenvalue weighted by molar-refractivity contribution is 6.31. The number of anilines is 1. The molecule has 0 radical (unpaired) electrons. The molecule has 0 unspecified atom stereocenters. The Balaban J connectivity index is 1.53.